The average Bonchev–Trinajstić information content (AvgIpc) is 3.21. The van der Waals surface area contributed by atoms with Gasteiger partial charge in [0.2, 0.25) is 0 Å². The third-order valence-electron chi connectivity index (χ3n) is 9.79. The Morgan fingerprint density at radius 2 is 1.97 bits per heavy atom. The molecule has 1 saturated heterocycles. The molecule has 6 nitrogen and oxygen atoms in total. The van der Waals surface area contributed by atoms with Crippen molar-refractivity contribution in [1.29, 1.82) is 0 Å². The molecule has 1 aliphatic heterocycles. The van der Waals surface area contributed by atoms with E-state index in [4.69, 9.17) is 9.47 Å². The van der Waals surface area contributed by atoms with Crippen molar-refractivity contribution in [3.8, 4) is 0 Å². The minimum atomic E-state index is -0.611. The summed E-state index contributed by atoms with van der Waals surface area (Å²) in [6.45, 7) is 4.33. The van der Waals surface area contributed by atoms with Gasteiger partial charge < -0.3 is 14.6 Å². The van der Waals surface area contributed by atoms with Gasteiger partial charge >= 0.3 is 11.9 Å². The topological polar surface area (TPSA) is 89.9 Å². The van der Waals surface area contributed by atoms with Gasteiger partial charge in [0, 0.05) is 18.3 Å². The van der Waals surface area contributed by atoms with Crippen LogP contribution in [0.4, 0.5) is 0 Å². The Labute approximate surface area is 177 Å². The van der Waals surface area contributed by atoms with E-state index in [0.29, 0.717) is 38.5 Å². The Kier molecular flexibility index (Phi) is 4.32. The van der Waals surface area contributed by atoms with Gasteiger partial charge in [-0.1, -0.05) is 19.4 Å². The van der Waals surface area contributed by atoms with Gasteiger partial charge in [0.05, 0.1) is 19.1 Å². The zero-order chi connectivity index (χ0) is 21.5. The van der Waals surface area contributed by atoms with E-state index in [1.165, 1.54) is 7.11 Å². The Hall–Kier alpha value is -1.69. The first-order valence-electron chi connectivity index (χ1n) is 11.4. The molecule has 3 saturated carbocycles. The Morgan fingerprint density at radius 3 is 2.63 bits per heavy atom. The minimum Gasteiger partial charge on any atom is -0.469 e. The van der Waals surface area contributed by atoms with Crippen LogP contribution in [0.3, 0.4) is 0 Å². The van der Waals surface area contributed by atoms with Crippen molar-refractivity contribution in [2.75, 3.05) is 7.11 Å². The molecule has 0 aromatic rings. The van der Waals surface area contributed by atoms with E-state index >= 15 is 0 Å². The minimum absolute atomic E-state index is 0.0415. The van der Waals surface area contributed by atoms with Crippen LogP contribution in [0.15, 0.2) is 11.6 Å². The Bertz CT molecular complexity index is 847. The summed E-state index contributed by atoms with van der Waals surface area (Å²) in [5.74, 6) is -0.636. The highest BCUT2D eigenvalue weighted by molar-refractivity contribution is 5.92. The van der Waals surface area contributed by atoms with E-state index in [1.807, 2.05) is 0 Å². The first-order chi connectivity index (χ1) is 14.1. The molecule has 0 amide bonds. The van der Waals surface area contributed by atoms with Crippen LogP contribution in [0.5, 0.6) is 0 Å². The van der Waals surface area contributed by atoms with Crippen LogP contribution in [-0.2, 0) is 23.9 Å². The molecular weight excluding hydrogens is 384 g/mol. The molecule has 5 rings (SSSR count). The first-order valence-corrected chi connectivity index (χ1v) is 11.4. The quantitative estimate of drug-likeness (QED) is 0.661. The van der Waals surface area contributed by atoms with Crippen molar-refractivity contribution in [3.63, 3.8) is 0 Å². The number of ether oxygens (including phenoxy) is 2. The van der Waals surface area contributed by atoms with Crippen LogP contribution >= 0.6 is 0 Å². The van der Waals surface area contributed by atoms with E-state index < -0.39 is 11.7 Å². The number of aliphatic hydroxyl groups excluding tert-OH is 1. The third-order valence-corrected chi connectivity index (χ3v) is 9.79. The van der Waals surface area contributed by atoms with Gasteiger partial charge in [-0.25, -0.2) is 0 Å². The van der Waals surface area contributed by atoms with Gasteiger partial charge in [0.15, 0.2) is 5.78 Å². The average molecular weight is 417 g/mol. The molecule has 1 N–H and O–H groups in total. The Balaban J connectivity index is 1.62. The molecule has 164 valence electrons. The Morgan fingerprint density at radius 1 is 1.20 bits per heavy atom. The molecule has 0 bridgehead atoms. The van der Waals surface area contributed by atoms with E-state index in [2.05, 4.69) is 13.8 Å². The summed E-state index contributed by atoms with van der Waals surface area (Å²) < 4.78 is 11.2. The molecule has 1 heterocycles. The zero-order valence-corrected chi connectivity index (χ0v) is 18.1. The molecule has 0 aromatic carbocycles. The lowest BCUT2D eigenvalue weighted by Crippen LogP contribution is -2.62. The van der Waals surface area contributed by atoms with Gasteiger partial charge in [-0.15, -0.1) is 0 Å². The number of fused-ring (bicyclic) bond motifs is 6. The number of rotatable bonds is 1. The summed E-state index contributed by atoms with van der Waals surface area (Å²) in [5.41, 5.74) is -0.168. The zero-order valence-electron chi connectivity index (χ0n) is 18.1. The number of aliphatic hydroxyl groups is 1. The number of methoxy groups -OCH3 is 1. The van der Waals surface area contributed by atoms with Crippen molar-refractivity contribution < 1.29 is 29.0 Å². The van der Waals surface area contributed by atoms with Crippen molar-refractivity contribution in [1.82, 2.24) is 0 Å². The SMILES string of the molecule is COC(=O)C1CC2=CC(=O)CC[C@@]2(C)[C@@H]2C1[C@H]1CC[C@@]3(CCC(=O)O3)[C@]1(C)C[C@H]2O. The predicted molar refractivity (Wildman–Crippen MR) is 107 cm³/mol. The van der Waals surface area contributed by atoms with Gasteiger partial charge in [-0.3, -0.25) is 14.4 Å². The molecule has 30 heavy (non-hydrogen) atoms. The highest BCUT2D eigenvalue weighted by atomic mass is 16.6. The molecule has 0 aromatic heterocycles. The summed E-state index contributed by atoms with van der Waals surface area (Å²) in [7, 11) is 1.42. The number of allylic oxidation sites excluding steroid dienone is 1. The molecule has 0 radical (unpaired) electrons. The summed E-state index contributed by atoms with van der Waals surface area (Å²) in [5, 5.41) is 11.6. The van der Waals surface area contributed by atoms with Crippen LogP contribution in [0.2, 0.25) is 0 Å². The van der Waals surface area contributed by atoms with Crippen molar-refractivity contribution >= 4 is 17.7 Å². The van der Waals surface area contributed by atoms with Crippen LogP contribution in [0, 0.1) is 34.5 Å². The van der Waals surface area contributed by atoms with E-state index in [9.17, 15) is 19.5 Å². The second-order valence-electron chi connectivity index (χ2n) is 10.8. The summed E-state index contributed by atoms with van der Waals surface area (Å²) in [4.78, 5) is 37.2. The number of carbonyl (C=O) groups is 3. The van der Waals surface area contributed by atoms with Gasteiger partial charge in [0.1, 0.15) is 5.60 Å². The number of ketones is 1. The molecule has 6 heteroatoms. The largest absolute Gasteiger partial charge is 0.469 e. The molecule has 8 atom stereocenters. The lowest BCUT2D eigenvalue weighted by atomic mass is 9.43. The maximum atomic E-state index is 12.9. The fourth-order valence-electron chi connectivity index (χ4n) is 8.35. The summed E-state index contributed by atoms with van der Waals surface area (Å²) >= 11 is 0. The summed E-state index contributed by atoms with van der Waals surface area (Å²) in [6, 6.07) is 0. The van der Waals surface area contributed by atoms with E-state index in [-0.39, 0.29) is 52.2 Å². The molecule has 4 fully saturated rings. The smallest absolute Gasteiger partial charge is 0.309 e. The van der Waals surface area contributed by atoms with E-state index in [0.717, 1.165) is 18.4 Å². The highest BCUT2D eigenvalue weighted by Crippen LogP contribution is 2.70. The van der Waals surface area contributed by atoms with Crippen molar-refractivity contribution in [2.45, 2.75) is 76.9 Å². The fourth-order valence-corrected chi connectivity index (χ4v) is 8.35. The fraction of sp³-hybridized carbons (Fsp3) is 0.792. The van der Waals surface area contributed by atoms with Crippen molar-refractivity contribution in [2.24, 2.45) is 34.5 Å². The molecular formula is C24H32O6. The lowest BCUT2D eigenvalue weighted by molar-refractivity contribution is -0.197. The van der Waals surface area contributed by atoms with Crippen LogP contribution in [0.1, 0.15) is 65.2 Å². The standard InChI is InChI=1S/C24H32O6/c1-22-7-4-14(25)10-13(22)11-15(21(28)29-3)19-16-5-8-24(9-6-18(27)30-24)23(16,2)12-17(26)20(19)22/h10,15-17,19-20,26H,4-9,11-12H2,1-3H3/t15?,16-,17-,19?,20+,22-,23-,24-/m1/s1. The molecule has 4 aliphatic carbocycles. The van der Waals surface area contributed by atoms with Crippen LogP contribution < -0.4 is 0 Å². The first kappa shape index (κ1) is 20.2. The predicted octanol–water partition coefficient (Wildman–Crippen LogP) is 2.96. The van der Waals surface area contributed by atoms with Crippen molar-refractivity contribution in [3.05, 3.63) is 11.6 Å². The monoisotopic (exact) mass is 416 g/mol. The number of hydrogen-bond acceptors (Lipinski definition) is 6. The molecule has 5 aliphatic rings. The maximum absolute atomic E-state index is 12.9. The number of hydrogen-bond donors (Lipinski definition) is 1. The second-order valence-corrected chi connectivity index (χ2v) is 10.8. The van der Waals surface area contributed by atoms with Gasteiger partial charge in [-0.05, 0) is 67.8 Å². The molecule has 1 spiro atoms. The second kappa shape index (κ2) is 6.41. The van der Waals surface area contributed by atoms with E-state index in [1.54, 1.807) is 6.08 Å². The lowest BCUT2D eigenvalue weighted by Gasteiger charge is -2.62. The summed E-state index contributed by atoms with van der Waals surface area (Å²) in [6.07, 6.45) is 6.21. The van der Waals surface area contributed by atoms with Crippen LogP contribution in [-0.4, -0.2) is 41.6 Å². The highest BCUT2D eigenvalue weighted by Gasteiger charge is 2.71. The van der Waals surface area contributed by atoms with Gasteiger partial charge in [0.25, 0.3) is 0 Å². The molecule has 2 unspecified atom stereocenters. The normalized spacial score (nSPS) is 49.7. The number of carbonyl (C=O) groups excluding carboxylic acids is 3. The number of esters is 2. The van der Waals surface area contributed by atoms with Crippen LogP contribution in [0.25, 0.3) is 0 Å². The maximum Gasteiger partial charge on any atom is 0.309 e. The van der Waals surface area contributed by atoms with Gasteiger partial charge in [-0.2, -0.15) is 0 Å². The third kappa shape index (κ3) is 2.43.